The van der Waals surface area contributed by atoms with Crippen molar-refractivity contribution in [2.75, 3.05) is 7.11 Å². The van der Waals surface area contributed by atoms with Gasteiger partial charge in [-0.15, -0.1) is 11.3 Å². The third-order valence-electron chi connectivity index (χ3n) is 1.79. The van der Waals surface area contributed by atoms with E-state index in [0.29, 0.717) is 6.61 Å². The molecule has 0 amide bonds. The normalized spacial score (nSPS) is 10.8. The fraction of sp³-hybridized carbons (Fsp3) is 0.222. The fourth-order valence-corrected chi connectivity index (χ4v) is 2.03. The van der Waals surface area contributed by atoms with Crippen LogP contribution in [-0.2, 0) is 11.3 Å². The number of nitrogens with one attached hydrogen (secondary N) is 1. The van der Waals surface area contributed by atoms with Crippen LogP contribution in [0.5, 0.6) is 0 Å². The maximum absolute atomic E-state index is 11.5. The Kier molecular flexibility index (Phi) is 2.16. The van der Waals surface area contributed by atoms with Crippen molar-refractivity contribution in [1.82, 2.24) is 4.98 Å². The summed E-state index contributed by atoms with van der Waals surface area (Å²) >= 11 is 1.46. The molecule has 0 fully saturated rings. The predicted molar refractivity (Wildman–Crippen MR) is 53.2 cm³/mol. The van der Waals surface area contributed by atoms with Crippen LogP contribution in [0.15, 0.2) is 22.3 Å². The molecule has 2 aromatic rings. The molecule has 0 saturated heterocycles. The highest BCUT2D eigenvalue weighted by molar-refractivity contribution is 7.17. The Morgan fingerprint density at radius 2 is 2.46 bits per heavy atom. The minimum atomic E-state index is 0.0656. The number of rotatable bonds is 2. The van der Waals surface area contributed by atoms with Crippen LogP contribution < -0.4 is 5.43 Å². The summed E-state index contributed by atoms with van der Waals surface area (Å²) in [4.78, 5) is 14.6. The van der Waals surface area contributed by atoms with E-state index < -0.39 is 0 Å². The molecular weight excluding hydrogens is 186 g/mol. The van der Waals surface area contributed by atoms with Gasteiger partial charge in [0.2, 0.25) is 0 Å². The van der Waals surface area contributed by atoms with Gasteiger partial charge in [0.1, 0.15) is 0 Å². The number of aromatic nitrogens is 1. The van der Waals surface area contributed by atoms with Crippen LogP contribution in [0.3, 0.4) is 0 Å². The first-order chi connectivity index (χ1) is 6.31. The molecule has 0 spiro atoms. The van der Waals surface area contributed by atoms with E-state index in [1.54, 1.807) is 13.2 Å². The molecule has 0 saturated carbocycles. The minimum Gasteiger partial charge on any atom is -0.378 e. The molecule has 0 unspecified atom stereocenters. The van der Waals surface area contributed by atoms with Gasteiger partial charge in [-0.3, -0.25) is 4.79 Å². The molecule has 4 heteroatoms. The lowest BCUT2D eigenvalue weighted by Gasteiger charge is -1.99. The lowest BCUT2D eigenvalue weighted by Crippen LogP contribution is -2.03. The van der Waals surface area contributed by atoms with Crippen LogP contribution in [0, 0.1) is 0 Å². The van der Waals surface area contributed by atoms with Crippen molar-refractivity contribution >= 4 is 21.6 Å². The Labute approximate surface area is 79.0 Å². The zero-order valence-electron chi connectivity index (χ0n) is 7.16. The van der Waals surface area contributed by atoms with Crippen molar-refractivity contribution < 1.29 is 4.74 Å². The molecule has 2 heterocycles. The molecule has 2 rings (SSSR count). The Hall–Kier alpha value is -1.13. The lowest BCUT2D eigenvalue weighted by molar-refractivity contribution is 0.181. The van der Waals surface area contributed by atoms with E-state index in [1.165, 1.54) is 11.3 Å². The smallest absolute Gasteiger partial charge is 0.199 e. The molecule has 1 N–H and O–H groups in total. The summed E-state index contributed by atoms with van der Waals surface area (Å²) < 4.78 is 5.72. The predicted octanol–water partition coefficient (Wildman–Crippen LogP) is 1.74. The van der Waals surface area contributed by atoms with Gasteiger partial charge < -0.3 is 9.72 Å². The maximum Gasteiger partial charge on any atom is 0.199 e. The molecular formula is C9H9NO2S. The van der Waals surface area contributed by atoms with Gasteiger partial charge in [0.05, 0.1) is 16.8 Å². The first-order valence-electron chi connectivity index (χ1n) is 3.89. The van der Waals surface area contributed by atoms with Crippen LogP contribution in [0.1, 0.15) is 5.69 Å². The van der Waals surface area contributed by atoms with E-state index in [0.717, 1.165) is 15.9 Å². The van der Waals surface area contributed by atoms with Gasteiger partial charge in [-0.2, -0.15) is 0 Å². The van der Waals surface area contributed by atoms with Crippen LogP contribution in [-0.4, -0.2) is 12.1 Å². The van der Waals surface area contributed by atoms with Gasteiger partial charge in [0.15, 0.2) is 5.43 Å². The molecule has 0 aliphatic rings. The van der Waals surface area contributed by atoms with Crippen molar-refractivity contribution in [1.29, 1.82) is 0 Å². The molecule has 68 valence electrons. The summed E-state index contributed by atoms with van der Waals surface area (Å²) in [5.41, 5.74) is 1.78. The fourth-order valence-electron chi connectivity index (χ4n) is 1.26. The van der Waals surface area contributed by atoms with Crippen molar-refractivity contribution in [3.63, 3.8) is 0 Å². The van der Waals surface area contributed by atoms with E-state index >= 15 is 0 Å². The summed E-state index contributed by atoms with van der Waals surface area (Å²) in [5.74, 6) is 0. The van der Waals surface area contributed by atoms with E-state index in [-0.39, 0.29) is 5.43 Å². The highest BCUT2D eigenvalue weighted by atomic mass is 32.1. The number of hydrogen-bond acceptors (Lipinski definition) is 3. The van der Waals surface area contributed by atoms with Crippen molar-refractivity contribution in [3.8, 4) is 0 Å². The molecule has 0 aromatic carbocycles. The molecule has 0 aliphatic carbocycles. The van der Waals surface area contributed by atoms with Gasteiger partial charge in [-0.05, 0) is 11.4 Å². The van der Waals surface area contributed by atoms with Gasteiger partial charge in [-0.25, -0.2) is 0 Å². The van der Waals surface area contributed by atoms with Crippen molar-refractivity contribution in [2.45, 2.75) is 6.61 Å². The quantitative estimate of drug-likeness (QED) is 0.793. The molecule has 0 atom stereocenters. The van der Waals surface area contributed by atoms with Crippen LogP contribution in [0.2, 0.25) is 0 Å². The SMILES string of the molecule is COCc1cc(=O)c2sccc2[nH]1. The second kappa shape index (κ2) is 3.32. The zero-order valence-corrected chi connectivity index (χ0v) is 7.98. The maximum atomic E-state index is 11.5. The number of aromatic amines is 1. The average Bonchev–Trinajstić information content (AvgIpc) is 2.53. The highest BCUT2D eigenvalue weighted by Gasteiger charge is 2.01. The highest BCUT2D eigenvalue weighted by Crippen LogP contribution is 2.14. The van der Waals surface area contributed by atoms with Gasteiger partial charge in [-0.1, -0.05) is 0 Å². The number of hydrogen-bond donors (Lipinski definition) is 1. The van der Waals surface area contributed by atoms with E-state index in [2.05, 4.69) is 4.98 Å². The topological polar surface area (TPSA) is 42.1 Å². The minimum absolute atomic E-state index is 0.0656. The third kappa shape index (κ3) is 1.50. The monoisotopic (exact) mass is 195 g/mol. The number of methoxy groups -OCH3 is 1. The lowest BCUT2D eigenvalue weighted by atomic mass is 10.3. The number of ether oxygens (including phenoxy) is 1. The van der Waals surface area contributed by atoms with Crippen LogP contribution in [0.25, 0.3) is 10.2 Å². The largest absolute Gasteiger partial charge is 0.378 e. The van der Waals surface area contributed by atoms with E-state index in [9.17, 15) is 4.79 Å². The average molecular weight is 195 g/mol. The summed E-state index contributed by atoms with van der Waals surface area (Å²) in [6, 6.07) is 3.49. The van der Waals surface area contributed by atoms with Gasteiger partial charge >= 0.3 is 0 Å². The Morgan fingerprint density at radius 1 is 1.62 bits per heavy atom. The Morgan fingerprint density at radius 3 is 3.23 bits per heavy atom. The first kappa shape index (κ1) is 8.47. The first-order valence-corrected chi connectivity index (χ1v) is 4.77. The standard InChI is InChI=1S/C9H9NO2S/c1-12-5-6-4-8(11)9-7(10-6)2-3-13-9/h2-4H,5H2,1H3,(H,10,11). The summed E-state index contributed by atoms with van der Waals surface area (Å²) in [6.07, 6.45) is 0. The number of H-pyrrole nitrogens is 1. The summed E-state index contributed by atoms with van der Waals surface area (Å²) in [7, 11) is 1.61. The third-order valence-corrected chi connectivity index (χ3v) is 2.72. The molecule has 2 aromatic heterocycles. The zero-order chi connectivity index (χ0) is 9.26. The molecule has 13 heavy (non-hydrogen) atoms. The molecule has 0 bridgehead atoms. The van der Waals surface area contributed by atoms with Crippen molar-refractivity contribution in [2.24, 2.45) is 0 Å². The Balaban J connectivity index is 2.63. The van der Waals surface area contributed by atoms with Crippen LogP contribution >= 0.6 is 11.3 Å². The number of fused-ring (bicyclic) bond motifs is 1. The summed E-state index contributed by atoms with van der Waals surface area (Å²) in [6.45, 7) is 0.445. The van der Waals surface area contributed by atoms with Crippen LogP contribution in [0.4, 0.5) is 0 Å². The van der Waals surface area contributed by atoms with E-state index in [4.69, 9.17) is 4.74 Å². The van der Waals surface area contributed by atoms with Gasteiger partial charge in [0.25, 0.3) is 0 Å². The molecule has 0 aliphatic heterocycles. The molecule has 0 radical (unpaired) electrons. The van der Waals surface area contributed by atoms with E-state index in [1.807, 2.05) is 11.4 Å². The Bertz CT molecular complexity index is 472. The molecule has 3 nitrogen and oxygen atoms in total. The van der Waals surface area contributed by atoms with Crippen molar-refractivity contribution in [3.05, 3.63) is 33.4 Å². The van der Waals surface area contributed by atoms with Gasteiger partial charge in [0, 0.05) is 18.9 Å². The summed E-state index contributed by atoms with van der Waals surface area (Å²) in [5, 5.41) is 1.90. The number of thiophene rings is 1. The second-order valence-electron chi connectivity index (χ2n) is 2.76. The second-order valence-corrected chi connectivity index (χ2v) is 3.67. The number of pyridine rings is 1.